The molecule has 25 heavy (non-hydrogen) atoms. The fraction of sp³-hybridized carbons (Fsp3) is 0.312. The number of aliphatic hydroxyl groups is 1. The summed E-state index contributed by atoms with van der Waals surface area (Å²) in [5.74, 6) is 2.03. The van der Waals surface area contributed by atoms with E-state index in [-0.39, 0.29) is 6.54 Å². The molecular formula is C16H17Cl2N5OS. The molecule has 0 amide bonds. The lowest BCUT2D eigenvalue weighted by Gasteiger charge is -2.29. The Labute approximate surface area is 159 Å². The number of nitrogens with zero attached hydrogens (tertiary/aromatic N) is 5. The van der Waals surface area contributed by atoms with Crippen LogP contribution in [0.4, 0.5) is 0 Å². The predicted octanol–water partition coefficient (Wildman–Crippen LogP) is 3.14. The van der Waals surface area contributed by atoms with Crippen LogP contribution in [0.3, 0.4) is 0 Å². The third kappa shape index (κ3) is 4.36. The topological polar surface area (TPSA) is 68.8 Å². The maximum atomic E-state index is 11.4. The minimum absolute atomic E-state index is 0.238. The maximum absolute atomic E-state index is 11.4. The van der Waals surface area contributed by atoms with Crippen molar-refractivity contribution in [3.63, 3.8) is 0 Å². The Balaban J connectivity index is 1.82. The van der Waals surface area contributed by atoms with Gasteiger partial charge in [-0.3, -0.25) is 0 Å². The standard InChI is InChI=1S/C16H17Cl2N5OS/c1-22-5-4-20-15(22)7-25-9-16(24,8-23-11-19-10-21-23)13-3-2-12(17)6-14(13)18/h2-6,10-11,24H,7-9H2,1H3. The number of rotatable bonds is 7. The van der Waals surface area contributed by atoms with Crippen molar-refractivity contribution < 1.29 is 5.11 Å². The van der Waals surface area contributed by atoms with Gasteiger partial charge in [-0.05, 0) is 12.1 Å². The van der Waals surface area contributed by atoms with E-state index in [0.717, 1.165) is 5.82 Å². The lowest BCUT2D eigenvalue weighted by atomic mass is 9.95. The molecule has 2 aromatic heterocycles. The monoisotopic (exact) mass is 397 g/mol. The van der Waals surface area contributed by atoms with Crippen molar-refractivity contribution in [2.45, 2.75) is 17.9 Å². The molecule has 0 aliphatic rings. The summed E-state index contributed by atoms with van der Waals surface area (Å²) in [6.45, 7) is 0.238. The fourth-order valence-corrected chi connectivity index (χ4v) is 4.24. The molecule has 9 heteroatoms. The lowest BCUT2D eigenvalue weighted by Crippen LogP contribution is -2.35. The zero-order chi connectivity index (χ0) is 17.9. The van der Waals surface area contributed by atoms with E-state index in [1.807, 2.05) is 17.8 Å². The van der Waals surface area contributed by atoms with Crippen LogP contribution in [0, 0.1) is 0 Å². The molecule has 1 unspecified atom stereocenters. The SMILES string of the molecule is Cn1ccnc1CSCC(O)(Cn1cncn1)c1ccc(Cl)cc1Cl. The van der Waals surface area contributed by atoms with E-state index < -0.39 is 5.60 Å². The Hall–Kier alpha value is -1.54. The molecule has 0 saturated heterocycles. The van der Waals surface area contributed by atoms with Crippen LogP contribution in [0.25, 0.3) is 0 Å². The maximum Gasteiger partial charge on any atom is 0.137 e. The number of thioether (sulfide) groups is 1. The number of hydrogen-bond acceptors (Lipinski definition) is 5. The Kier molecular flexibility index (Phi) is 5.68. The minimum atomic E-state index is -1.22. The van der Waals surface area contributed by atoms with Crippen LogP contribution in [-0.4, -0.2) is 35.2 Å². The molecule has 0 radical (unpaired) electrons. The van der Waals surface area contributed by atoms with Gasteiger partial charge in [0.2, 0.25) is 0 Å². The predicted molar refractivity (Wildman–Crippen MR) is 99.8 cm³/mol. The van der Waals surface area contributed by atoms with Crippen LogP contribution < -0.4 is 0 Å². The van der Waals surface area contributed by atoms with Crippen molar-refractivity contribution in [3.8, 4) is 0 Å². The van der Waals surface area contributed by atoms with Crippen molar-refractivity contribution >= 4 is 35.0 Å². The van der Waals surface area contributed by atoms with Crippen LogP contribution >= 0.6 is 35.0 Å². The van der Waals surface area contributed by atoms with Crippen LogP contribution in [0.1, 0.15) is 11.4 Å². The molecule has 3 rings (SSSR count). The van der Waals surface area contributed by atoms with Gasteiger partial charge in [0.1, 0.15) is 24.1 Å². The van der Waals surface area contributed by atoms with Gasteiger partial charge in [-0.25, -0.2) is 14.6 Å². The van der Waals surface area contributed by atoms with E-state index in [2.05, 4.69) is 15.1 Å². The summed E-state index contributed by atoms with van der Waals surface area (Å²) >= 11 is 13.9. The molecule has 0 aliphatic carbocycles. The Morgan fingerprint density at radius 3 is 2.80 bits per heavy atom. The molecule has 1 atom stereocenters. The average molecular weight is 398 g/mol. The van der Waals surface area contributed by atoms with E-state index in [4.69, 9.17) is 23.2 Å². The number of aromatic nitrogens is 5. The van der Waals surface area contributed by atoms with Gasteiger partial charge >= 0.3 is 0 Å². The fourth-order valence-electron chi connectivity index (χ4n) is 2.50. The van der Waals surface area contributed by atoms with E-state index in [9.17, 15) is 5.11 Å². The first-order chi connectivity index (χ1) is 12.0. The molecule has 3 aromatic rings. The number of imidazole rings is 1. The zero-order valence-corrected chi connectivity index (χ0v) is 15.8. The first-order valence-corrected chi connectivity index (χ1v) is 9.43. The lowest BCUT2D eigenvalue weighted by molar-refractivity contribution is 0.0397. The Bertz CT molecular complexity index is 839. The number of benzene rings is 1. The minimum Gasteiger partial charge on any atom is -0.382 e. The first-order valence-electron chi connectivity index (χ1n) is 7.52. The quantitative estimate of drug-likeness (QED) is 0.662. The van der Waals surface area contributed by atoms with Crippen molar-refractivity contribution in [3.05, 3.63) is 64.7 Å². The van der Waals surface area contributed by atoms with Gasteiger partial charge in [0.05, 0.1) is 12.3 Å². The van der Waals surface area contributed by atoms with Gasteiger partial charge < -0.3 is 9.67 Å². The van der Waals surface area contributed by atoms with E-state index in [0.29, 0.717) is 27.1 Å². The summed E-state index contributed by atoms with van der Waals surface area (Å²) in [4.78, 5) is 8.24. The van der Waals surface area contributed by atoms with Crippen LogP contribution in [0.2, 0.25) is 10.0 Å². The first kappa shape index (κ1) is 18.3. The van der Waals surface area contributed by atoms with Gasteiger partial charge in [-0.15, -0.1) is 0 Å². The van der Waals surface area contributed by atoms with E-state index >= 15 is 0 Å². The second-order valence-corrected chi connectivity index (χ2v) is 7.53. The van der Waals surface area contributed by atoms with Crippen LogP contribution in [0.5, 0.6) is 0 Å². The molecule has 1 N–H and O–H groups in total. The van der Waals surface area contributed by atoms with E-state index in [1.54, 1.807) is 47.2 Å². The number of halogens is 2. The molecule has 0 spiro atoms. The third-order valence-corrected chi connectivity index (χ3v) is 5.51. The zero-order valence-electron chi connectivity index (χ0n) is 13.5. The highest BCUT2D eigenvalue weighted by Crippen LogP contribution is 2.35. The second-order valence-electron chi connectivity index (χ2n) is 5.70. The van der Waals surface area contributed by atoms with E-state index in [1.165, 1.54) is 6.33 Å². The van der Waals surface area contributed by atoms with Crippen LogP contribution in [-0.2, 0) is 24.9 Å². The van der Waals surface area contributed by atoms with Gasteiger partial charge in [-0.1, -0.05) is 29.3 Å². The normalized spacial score (nSPS) is 13.8. The summed E-state index contributed by atoms with van der Waals surface area (Å²) in [6.07, 6.45) is 6.66. The Morgan fingerprint density at radius 1 is 1.32 bits per heavy atom. The molecule has 0 saturated carbocycles. The third-order valence-electron chi connectivity index (χ3n) is 3.82. The summed E-state index contributed by atoms with van der Waals surface area (Å²) in [6, 6.07) is 5.11. The summed E-state index contributed by atoms with van der Waals surface area (Å²) < 4.78 is 3.55. The molecule has 0 bridgehead atoms. The molecular weight excluding hydrogens is 381 g/mol. The molecule has 0 fully saturated rings. The number of aryl methyl sites for hydroxylation is 1. The van der Waals surface area contributed by atoms with Crippen LogP contribution in [0.15, 0.2) is 43.2 Å². The van der Waals surface area contributed by atoms with Crippen molar-refractivity contribution in [2.24, 2.45) is 7.05 Å². The Morgan fingerprint density at radius 2 is 2.16 bits per heavy atom. The van der Waals surface area contributed by atoms with Gasteiger partial charge in [-0.2, -0.15) is 16.9 Å². The molecule has 1 aromatic carbocycles. The second kappa shape index (κ2) is 7.78. The highest BCUT2D eigenvalue weighted by atomic mass is 35.5. The van der Waals surface area contributed by atoms with Gasteiger partial charge in [0, 0.05) is 40.8 Å². The average Bonchev–Trinajstić information content (AvgIpc) is 3.19. The highest BCUT2D eigenvalue weighted by Gasteiger charge is 2.32. The summed E-state index contributed by atoms with van der Waals surface area (Å²) in [5, 5.41) is 16.4. The number of hydrogen-bond donors (Lipinski definition) is 1. The van der Waals surface area contributed by atoms with Crippen molar-refractivity contribution in [2.75, 3.05) is 5.75 Å². The molecule has 0 aliphatic heterocycles. The highest BCUT2D eigenvalue weighted by molar-refractivity contribution is 7.98. The van der Waals surface area contributed by atoms with Crippen molar-refractivity contribution in [1.29, 1.82) is 0 Å². The smallest absolute Gasteiger partial charge is 0.137 e. The largest absolute Gasteiger partial charge is 0.382 e. The molecule has 132 valence electrons. The van der Waals surface area contributed by atoms with Crippen molar-refractivity contribution in [1.82, 2.24) is 24.3 Å². The molecule has 2 heterocycles. The summed E-state index contributed by atoms with van der Waals surface area (Å²) in [7, 11) is 1.95. The summed E-state index contributed by atoms with van der Waals surface area (Å²) in [5.41, 5.74) is -0.605. The van der Waals surface area contributed by atoms with Gasteiger partial charge in [0.25, 0.3) is 0 Å². The molecule has 6 nitrogen and oxygen atoms in total. The van der Waals surface area contributed by atoms with Gasteiger partial charge in [0.15, 0.2) is 0 Å².